The lowest BCUT2D eigenvalue weighted by molar-refractivity contribution is -0.145. The summed E-state index contributed by atoms with van der Waals surface area (Å²) in [6.45, 7) is 2.06. The highest BCUT2D eigenvalue weighted by molar-refractivity contribution is 6.00. The van der Waals surface area contributed by atoms with Gasteiger partial charge in [0, 0.05) is 32.5 Å². The van der Waals surface area contributed by atoms with Crippen LogP contribution in [0.2, 0.25) is 0 Å². The van der Waals surface area contributed by atoms with Gasteiger partial charge in [-0.3, -0.25) is 14.4 Å². The normalized spacial score (nSPS) is 18.3. The molecule has 3 unspecified atom stereocenters. The average Bonchev–Trinajstić information content (AvgIpc) is 3.32. The van der Waals surface area contributed by atoms with Crippen molar-refractivity contribution in [3.05, 3.63) is 59.2 Å². The molecule has 214 valence electrons. The summed E-state index contributed by atoms with van der Waals surface area (Å²) >= 11 is 0. The quantitative estimate of drug-likeness (QED) is 0.380. The second-order valence-electron chi connectivity index (χ2n) is 9.65. The number of rotatable bonds is 7. The van der Waals surface area contributed by atoms with Crippen molar-refractivity contribution in [1.29, 1.82) is 0 Å². The van der Waals surface area contributed by atoms with Crippen LogP contribution in [0.3, 0.4) is 0 Å². The summed E-state index contributed by atoms with van der Waals surface area (Å²) in [5, 5.41) is 7.23. The molecule has 40 heavy (non-hydrogen) atoms. The molecule has 0 aliphatic carbocycles. The lowest BCUT2D eigenvalue weighted by Crippen LogP contribution is -2.55. The maximum atomic E-state index is 14.4. The van der Waals surface area contributed by atoms with Crippen molar-refractivity contribution in [3.63, 3.8) is 0 Å². The molecule has 2 aliphatic heterocycles. The van der Waals surface area contributed by atoms with Crippen molar-refractivity contribution in [3.8, 4) is 0 Å². The van der Waals surface area contributed by atoms with E-state index in [0.717, 1.165) is 12.1 Å². The van der Waals surface area contributed by atoms with Crippen LogP contribution in [0.4, 0.5) is 25.0 Å². The number of benzene rings is 2. The first-order chi connectivity index (χ1) is 19.1. The van der Waals surface area contributed by atoms with Gasteiger partial charge in [0.05, 0.1) is 0 Å². The number of carbonyl (C=O) groups excluding carboxylic acids is 4. The van der Waals surface area contributed by atoms with Crippen LogP contribution in [-0.2, 0) is 30.4 Å². The molecule has 0 saturated carbocycles. The molecule has 4 amide bonds. The molecule has 4 rings (SSSR count). The SMILES string of the molecule is CNC(=O)OC(C)C(=O)NC(C(=O)N1Cc2cc(N)ccc2C1C(=O)Nc1c(F)cccc1F)C1CCOCC1. The Morgan fingerprint density at radius 3 is 2.42 bits per heavy atom. The maximum Gasteiger partial charge on any atom is 0.407 e. The number of hydrogen-bond donors (Lipinski definition) is 4. The molecule has 0 bridgehead atoms. The van der Waals surface area contributed by atoms with Crippen molar-refractivity contribution < 1.29 is 37.4 Å². The minimum Gasteiger partial charge on any atom is -0.436 e. The molecule has 11 nitrogen and oxygen atoms in total. The summed E-state index contributed by atoms with van der Waals surface area (Å²) < 4.78 is 39.1. The van der Waals surface area contributed by atoms with Crippen molar-refractivity contribution in [2.45, 2.75) is 44.5 Å². The molecule has 2 aromatic rings. The lowest BCUT2D eigenvalue weighted by atomic mass is 9.90. The van der Waals surface area contributed by atoms with Crippen LogP contribution in [0.25, 0.3) is 0 Å². The van der Waals surface area contributed by atoms with Crippen LogP contribution in [0, 0.1) is 17.6 Å². The maximum absolute atomic E-state index is 14.4. The molecule has 0 aromatic heterocycles. The van der Waals surface area contributed by atoms with E-state index < -0.39 is 59.3 Å². The number of nitrogen functional groups attached to an aromatic ring is 1. The van der Waals surface area contributed by atoms with E-state index in [0.29, 0.717) is 42.9 Å². The van der Waals surface area contributed by atoms with Crippen molar-refractivity contribution in [1.82, 2.24) is 15.5 Å². The molecule has 0 spiro atoms. The number of amides is 4. The second-order valence-corrected chi connectivity index (χ2v) is 9.65. The monoisotopic (exact) mass is 559 g/mol. The van der Waals surface area contributed by atoms with E-state index >= 15 is 0 Å². The highest BCUT2D eigenvalue weighted by Crippen LogP contribution is 2.37. The van der Waals surface area contributed by atoms with E-state index in [9.17, 15) is 28.0 Å². The van der Waals surface area contributed by atoms with Crippen molar-refractivity contribution >= 4 is 35.2 Å². The zero-order valence-electron chi connectivity index (χ0n) is 22.0. The number of fused-ring (bicyclic) bond motifs is 1. The van der Waals surface area contributed by atoms with Crippen molar-refractivity contribution in [2.24, 2.45) is 5.92 Å². The number of nitrogens with one attached hydrogen (secondary N) is 3. The Kier molecular flexibility index (Phi) is 8.83. The lowest BCUT2D eigenvalue weighted by Gasteiger charge is -2.35. The van der Waals surface area contributed by atoms with E-state index in [-0.39, 0.29) is 12.5 Å². The standard InChI is InChI=1S/C27H31F2N5O6/c1-14(40-27(38)31-2)24(35)32-21(15-8-10-39-11-9-15)26(37)34-13-16-12-17(30)6-7-18(16)23(34)25(36)33-22-19(28)4-3-5-20(22)29/h3-7,12,14-15,21,23H,8-11,13,30H2,1-2H3,(H,31,38)(H,32,35)(H,33,36). The van der Waals surface area contributed by atoms with Gasteiger partial charge in [0.2, 0.25) is 5.91 Å². The summed E-state index contributed by atoms with van der Waals surface area (Å²) in [4.78, 5) is 53.5. The van der Waals surface area contributed by atoms with Gasteiger partial charge < -0.3 is 36.1 Å². The van der Waals surface area contributed by atoms with Gasteiger partial charge in [0.1, 0.15) is 29.4 Å². The van der Waals surface area contributed by atoms with E-state index in [1.807, 2.05) is 0 Å². The molecule has 1 fully saturated rings. The van der Waals surface area contributed by atoms with E-state index in [1.54, 1.807) is 18.2 Å². The van der Waals surface area contributed by atoms with Crippen LogP contribution >= 0.6 is 0 Å². The fourth-order valence-corrected chi connectivity index (χ4v) is 4.92. The smallest absolute Gasteiger partial charge is 0.407 e. The molecule has 3 atom stereocenters. The Bertz CT molecular complexity index is 1280. The Morgan fingerprint density at radius 1 is 1.10 bits per heavy atom. The Hall–Kier alpha value is -4.26. The number of halogens is 2. The molecule has 2 aliphatic rings. The van der Waals surface area contributed by atoms with Crippen LogP contribution < -0.4 is 21.7 Å². The predicted octanol–water partition coefficient (Wildman–Crippen LogP) is 2.22. The minimum absolute atomic E-state index is 0.0308. The summed E-state index contributed by atoms with van der Waals surface area (Å²) in [6.07, 6.45) is -1.13. The number of nitrogens with zero attached hydrogens (tertiary/aromatic N) is 1. The minimum atomic E-state index is -1.26. The number of hydrogen-bond acceptors (Lipinski definition) is 7. The summed E-state index contributed by atoms with van der Waals surface area (Å²) in [5.41, 5.74) is 6.72. The number of nitrogens with two attached hydrogens (primary N) is 1. The number of anilines is 2. The Balaban J connectivity index is 1.66. The fraction of sp³-hybridized carbons (Fsp3) is 0.407. The second kappa shape index (κ2) is 12.3. The highest BCUT2D eigenvalue weighted by atomic mass is 19.1. The zero-order chi connectivity index (χ0) is 29.0. The third kappa shape index (κ3) is 6.14. The topological polar surface area (TPSA) is 152 Å². The van der Waals surface area contributed by atoms with Crippen LogP contribution in [-0.4, -0.2) is 61.1 Å². The fourth-order valence-electron chi connectivity index (χ4n) is 4.92. The van der Waals surface area contributed by atoms with Gasteiger partial charge in [0.15, 0.2) is 6.10 Å². The van der Waals surface area contributed by atoms with Gasteiger partial charge in [-0.2, -0.15) is 0 Å². The van der Waals surface area contributed by atoms with Gasteiger partial charge in [-0.25, -0.2) is 13.6 Å². The zero-order valence-corrected chi connectivity index (χ0v) is 22.0. The molecule has 5 N–H and O–H groups in total. The number of para-hydroxylation sites is 1. The summed E-state index contributed by atoms with van der Waals surface area (Å²) in [5.74, 6) is -4.42. The van der Waals surface area contributed by atoms with Gasteiger partial charge in [-0.1, -0.05) is 12.1 Å². The average molecular weight is 560 g/mol. The first-order valence-corrected chi connectivity index (χ1v) is 12.8. The van der Waals surface area contributed by atoms with Gasteiger partial charge in [0.25, 0.3) is 11.8 Å². The Labute approximate surface area is 229 Å². The van der Waals surface area contributed by atoms with Gasteiger partial charge >= 0.3 is 6.09 Å². The van der Waals surface area contributed by atoms with E-state index in [2.05, 4.69) is 16.0 Å². The Morgan fingerprint density at radius 2 is 1.77 bits per heavy atom. The first kappa shape index (κ1) is 28.7. The third-order valence-electron chi connectivity index (χ3n) is 7.01. The van der Waals surface area contributed by atoms with Crippen LogP contribution in [0.5, 0.6) is 0 Å². The molecule has 13 heteroatoms. The molecule has 0 radical (unpaired) electrons. The number of ether oxygens (including phenoxy) is 2. The third-order valence-corrected chi connectivity index (χ3v) is 7.01. The number of carbonyl (C=O) groups is 4. The highest BCUT2D eigenvalue weighted by Gasteiger charge is 2.44. The molecular formula is C27H31F2N5O6. The van der Waals surface area contributed by atoms with Crippen molar-refractivity contribution in [2.75, 3.05) is 31.3 Å². The van der Waals surface area contributed by atoms with Crippen LogP contribution in [0.1, 0.15) is 36.9 Å². The van der Waals surface area contributed by atoms with Gasteiger partial charge in [-0.15, -0.1) is 0 Å². The summed E-state index contributed by atoms with van der Waals surface area (Å²) in [7, 11) is 1.34. The van der Waals surface area contributed by atoms with E-state index in [1.165, 1.54) is 24.9 Å². The summed E-state index contributed by atoms with van der Waals surface area (Å²) in [6, 6.07) is 5.58. The van der Waals surface area contributed by atoms with Gasteiger partial charge in [-0.05, 0) is 61.1 Å². The van der Waals surface area contributed by atoms with Crippen LogP contribution in [0.15, 0.2) is 36.4 Å². The first-order valence-electron chi connectivity index (χ1n) is 12.8. The van der Waals surface area contributed by atoms with E-state index in [4.69, 9.17) is 15.2 Å². The number of alkyl carbamates (subject to hydrolysis) is 1. The predicted molar refractivity (Wildman–Crippen MR) is 140 cm³/mol. The molecular weight excluding hydrogens is 528 g/mol. The molecule has 1 saturated heterocycles. The largest absolute Gasteiger partial charge is 0.436 e. The molecule has 2 aromatic carbocycles. The molecule has 2 heterocycles.